The fraction of sp³-hybridized carbons (Fsp3) is 0.476. The second-order valence-corrected chi connectivity index (χ2v) is 6.50. The predicted octanol–water partition coefficient (Wildman–Crippen LogP) is 4.82. The van der Waals surface area contributed by atoms with E-state index in [1.165, 1.54) is 48.3 Å². The van der Waals surface area contributed by atoms with Crippen molar-refractivity contribution in [3.05, 3.63) is 47.2 Å². The maximum Gasteiger partial charge on any atom is 0.0378 e. The standard InChI is InChI=1S/C21H31N3/c1-5-23-21-15-20(14-17(2)18(21)3)19(16-22-4)10-6-7-11-24-12-8-9-13-24/h6,10,14-16,23H,4-5,7-9,11-13H2,1-3H3/b10-6-,19-16+. The molecule has 0 aliphatic carbocycles. The highest BCUT2D eigenvalue weighted by Gasteiger charge is 2.10. The van der Waals surface area contributed by atoms with Crippen LogP contribution in [0.4, 0.5) is 5.69 Å². The zero-order valence-electron chi connectivity index (χ0n) is 15.4. The van der Waals surface area contributed by atoms with E-state index in [-0.39, 0.29) is 0 Å². The summed E-state index contributed by atoms with van der Waals surface area (Å²) in [7, 11) is 0. The van der Waals surface area contributed by atoms with E-state index in [9.17, 15) is 0 Å². The fourth-order valence-corrected chi connectivity index (χ4v) is 3.19. The number of hydrogen-bond acceptors (Lipinski definition) is 3. The average molecular weight is 326 g/mol. The lowest BCUT2D eigenvalue weighted by Gasteiger charge is -2.14. The van der Waals surface area contributed by atoms with Crippen LogP contribution in [0.3, 0.4) is 0 Å². The molecule has 1 N–H and O–H groups in total. The molecule has 0 amide bonds. The van der Waals surface area contributed by atoms with Gasteiger partial charge in [0.05, 0.1) is 0 Å². The SMILES string of the molecule is C=N/C=C(\C=C/CCN1CCCC1)c1cc(C)c(C)c(NCC)c1. The highest BCUT2D eigenvalue weighted by Crippen LogP contribution is 2.26. The third-order valence-corrected chi connectivity index (χ3v) is 4.71. The summed E-state index contributed by atoms with van der Waals surface area (Å²) in [5.74, 6) is 0. The van der Waals surface area contributed by atoms with Crippen molar-refractivity contribution < 1.29 is 0 Å². The van der Waals surface area contributed by atoms with Gasteiger partial charge in [-0.1, -0.05) is 18.2 Å². The van der Waals surface area contributed by atoms with Crippen LogP contribution < -0.4 is 5.32 Å². The number of allylic oxidation sites excluding steroid dienone is 2. The molecule has 0 bridgehead atoms. The minimum Gasteiger partial charge on any atom is -0.385 e. The largest absolute Gasteiger partial charge is 0.385 e. The second kappa shape index (κ2) is 9.43. The number of anilines is 1. The van der Waals surface area contributed by atoms with Crippen LogP contribution in [0.2, 0.25) is 0 Å². The van der Waals surface area contributed by atoms with Gasteiger partial charge in [0.1, 0.15) is 0 Å². The first-order chi connectivity index (χ1) is 11.7. The van der Waals surface area contributed by atoms with E-state index in [4.69, 9.17) is 0 Å². The molecular weight excluding hydrogens is 294 g/mol. The average Bonchev–Trinajstić information content (AvgIpc) is 3.08. The third kappa shape index (κ3) is 5.07. The van der Waals surface area contributed by atoms with Crippen LogP contribution in [-0.2, 0) is 0 Å². The van der Waals surface area contributed by atoms with Crippen molar-refractivity contribution in [1.82, 2.24) is 4.90 Å². The third-order valence-electron chi connectivity index (χ3n) is 4.71. The topological polar surface area (TPSA) is 27.6 Å². The minimum atomic E-state index is 0.925. The number of aryl methyl sites for hydroxylation is 1. The molecule has 2 rings (SSSR count). The molecule has 1 aromatic carbocycles. The molecule has 0 radical (unpaired) electrons. The monoisotopic (exact) mass is 325 g/mol. The molecule has 1 saturated heterocycles. The number of aliphatic imine (C=N–C) groups is 1. The second-order valence-electron chi connectivity index (χ2n) is 6.50. The highest BCUT2D eigenvalue weighted by atomic mass is 15.1. The lowest BCUT2D eigenvalue weighted by Crippen LogP contribution is -2.19. The Kier molecular flexibility index (Phi) is 7.26. The van der Waals surface area contributed by atoms with E-state index in [1.54, 1.807) is 0 Å². The molecule has 1 heterocycles. The van der Waals surface area contributed by atoms with Gasteiger partial charge in [0, 0.05) is 25.0 Å². The molecule has 0 aromatic heterocycles. The highest BCUT2D eigenvalue weighted by molar-refractivity contribution is 5.77. The molecule has 130 valence electrons. The Hall–Kier alpha value is -1.87. The van der Waals surface area contributed by atoms with Gasteiger partial charge in [0.15, 0.2) is 0 Å². The number of hydrogen-bond donors (Lipinski definition) is 1. The zero-order valence-corrected chi connectivity index (χ0v) is 15.4. The molecule has 1 fully saturated rings. The van der Waals surface area contributed by atoms with Crippen molar-refractivity contribution in [1.29, 1.82) is 0 Å². The van der Waals surface area contributed by atoms with E-state index >= 15 is 0 Å². The van der Waals surface area contributed by atoms with E-state index in [0.717, 1.165) is 25.1 Å². The maximum absolute atomic E-state index is 4.00. The maximum atomic E-state index is 4.00. The molecule has 3 heteroatoms. The smallest absolute Gasteiger partial charge is 0.0378 e. The summed E-state index contributed by atoms with van der Waals surface area (Å²) >= 11 is 0. The van der Waals surface area contributed by atoms with Crippen LogP contribution in [0.1, 0.15) is 42.9 Å². The van der Waals surface area contributed by atoms with Gasteiger partial charge in [-0.05, 0) is 88.2 Å². The number of nitrogens with zero attached hydrogens (tertiary/aromatic N) is 2. The Labute approximate surface area is 147 Å². The first-order valence-corrected chi connectivity index (χ1v) is 9.06. The van der Waals surface area contributed by atoms with Crippen LogP contribution in [-0.4, -0.2) is 37.8 Å². The fourth-order valence-electron chi connectivity index (χ4n) is 3.19. The van der Waals surface area contributed by atoms with Gasteiger partial charge in [-0.2, -0.15) is 0 Å². The first-order valence-electron chi connectivity index (χ1n) is 9.06. The summed E-state index contributed by atoms with van der Waals surface area (Å²) in [4.78, 5) is 6.54. The van der Waals surface area contributed by atoms with Crippen LogP contribution >= 0.6 is 0 Å². The van der Waals surface area contributed by atoms with Crippen LogP contribution in [0.25, 0.3) is 5.57 Å². The molecule has 0 unspecified atom stereocenters. The van der Waals surface area contributed by atoms with Crippen LogP contribution in [0.15, 0.2) is 35.5 Å². The Morgan fingerprint density at radius 1 is 1.29 bits per heavy atom. The Morgan fingerprint density at radius 3 is 2.71 bits per heavy atom. The first kappa shape index (κ1) is 18.5. The summed E-state index contributed by atoms with van der Waals surface area (Å²) in [5, 5.41) is 3.45. The summed E-state index contributed by atoms with van der Waals surface area (Å²) in [5.41, 5.74) is 6.12. The van der Waals surface area contributed by atoms with Gasteiger partial charge >= 0.3 is 0 Å². The zero-order chi connectivity index (χ0) is 17.4. The van der Waals surface area contributed by atoms with Crippen LogP contribution in [0.5, 0.6) is 0 Å². The van der Waals surface area contributed by atoms with Gasteiger partial charge in [-0.15, -0.1) is 0 Å². The van der Waals surface area contributed by atoms with Crippen molar-refractivity contribution >= 4 is 18.0 Å². The molecule has 1 aromatic rings. The quantitative estimate of drug-likeness (QED) is 0.548. The molecule has 24 heavy (non-hydrogen) atoms. The Morgan fingerprint density at radius 2 is 2.04 bits per heavy atom. The van der Waals surface area contributed by atoms with Crippen molar-refractivity contribution in [3.63, 3.8) is 0 Å². The minimum absolute atomic E-state index is 0.925. The summed E-state index contributed by atoms with van der Waals surface area (Å²) < 4.78 is 0. The summed E-state index contributed by atoms with van der Waals surface area (Å²) in [6, 6.07) is 4.45. The Balaban J connectivity index is 2.11. The van der Waals surface area contributed by atoms with E-state index < -0.39 is 0 Å². The van der Waals surface area contributed by atoms with Gasteiger partial charge in [-0.3, -0.25) is 4.99 Å². The van der Waals surface area contributed by atoms with Gasteiger partial charge < -0.3 is 10.2 Å². The van der Waals surface area contributed by atoms with Gasteiger partial charge in [0.2, 0.25) is 0 Å². The number of rotatable bonds is 8. The van der Waals surface area contributed by atoms with E-state index in [2.05, 4.69) is 67.0 Å². The van der Waals surface area contributed by atoms with Gasteiger partial charge in [0.25, 0.3) is 0 Å². The van der Waals surface area contributed by atoms with Crippen molar-refractivity contribution in [2.24, 2.45) is 4.99 Å². The predicted molar refractivity (Wildman–Crippen MR) is 107 cm³/mol. The number of benzene rings is 1. The van der Waals surface area contributed by atoms with Gasteiger partial charge in [-0.25, -0.2) is 0 Å². The molecule has 1 aliphatic rings. The van der Waals surface area contributed by atoms with E-state index in [1.807, 2.05) is 6.20 Å². The molecule has 1 aliphatic heterocycles. The molecule has 3 nitrogen and oxygen atoms in total. The lowest BCUT2D eigenvalue weighted by atomic mass is 9.98. The number of nitrogens with one attached hydrogen (secondary N) is 1. The van der Waals surface area contributed by atoms with E-state index in [0.29, 0.717) is 0 Å². The van der Waals surface area contributed by atoms with Crippen LogP contribution in [0, 0.1) is 13.8 Å². The lowest BCUT2D eigenvalue weighted by molar-refractivity contribution is 0.346. The molecule has 0 saturated carbocycles. The number of likely N-dealkylation sites (tertiary alicyclic amines) is 1. The molecule has 0 spiro atoms. The summed E-state index contributed by atoms with van der Waals surface area (Å²) in [6.07, 6.45) is 10.1. The molecule has 0 atom stereocenters. The van der Waals surface area contributed by atoms with Crippen molar-refractivity contribution in [2.75, 3.05) is 31.5 Å². The summed E-state index contributed by atoms with van der Waals surface area (Å²) in [6.45, 7) is 14.7. The van der Waals surface area contributed by atoms with Crippen molar-refractivity contribution in [3.8, 4) is 0 Å². The van der Waals surface area contributed by atoms with Crippen molar-refractivity contribution in [2.45, 2.75) is 40.0 Å². The Bertz CT molecular complexity index is 608. The molecular formula is C21H31N3. The normalized spacial score (nSPS) is 16.0.